The van der Waals surface area contributed by atoms with Gasteiger partial charge in [0.25, 0.3) is 0 Å². The van der Waals surface area contributed by atoms with E-state index in [2.05, 4.69) is 24.1 Å². The molecule has 0 spiro atoms. The molecule has 2 unspecified atom stereocenters. The summed E-state index contributed by atoms with van der Waals surface area (Å²) in [6.45, 7) is 2.07. The van der Waals surface area contributed by atoms with E-state index in [4.69, 9.17) is 4.74 Å². The Balaban J connectivity index is 2.26. The van der Waals surface area contributed by atoms with Gasteiger partial charge in [0.05, 0.1) is 0 Å². The Kier molecular flexibility index (Phi) is 1.13. The first-order valence-corrected chi connectivity index (χ1v) is 3.40. The number of rotatable bonds is 0. The molecule has 0 N–H and O–H groups in total. The van der Waals surface area contributed by atoms with E-state index in [0.29, 0.717) is 0 Å². The fourth-order valence-corrected chi connectivity index (χ4v) is 1.21. The summed E-state index contributed by atoms with van der Waals surface area (Å²) < 4.78 is 5.18. The molecule has 1 aliphatic heterocycles. The lowest BCUT2D eigenvalue weighted by atomic mass is 10.0. The van der Waals surface area contributed by atoms with Crippen molar-refractivity contribution in [3.8, 4) is 0 Å². The third kappa shape index (κ3) is 0.764. The first-order valence-electron chi connectivity index (χ1n) is 3.40. The highest BCUT2D eigenvalue weighted by Crippen LogP contribution is 2.19. The van der Waals surface area contributed by atoms with Crippen LogP contribution in [0.4, 0.5) is 0 Å². The predicted octanol–water partition coefficient (Wildman–Crippen LogP) is 1.30. The van der Waals surface area contributed by atoms with E-state index in [-0.39, 0.29) is 12.1 Å². The molecule has 10 heavy (non-hydrogen) atoms. The van der Waals surface area contributed by atoms with Crippen LogP contribution < -0.4 is 0 Å². The second-order valence-electron chi connectivity index (χ2n) is 2.62. The highest BCUT2D eigenvalue weighted by molar-refractivity contribution is 5.53. The van der Waals surface area contributed by atoms with Crippen molar-refractivity contribution in [2.45, 2.75) is 19.1 Å². The van der Waals surface area contributed by atoms with Crippen LogP contribution in [-0.4, -0.2) is 18.5 Å². The highest BCUT2D eigenvalue weighted by atomic mass is 16.5. The summed E-state index contributed by atoms with van der Waals surface area (Å²) in [4.78, 5) is 4.13. The van der Waals surface area contributed by atoms with Crippen LogP contribution >= 0.6 is 0 Å². The molecule has 2 rings (SSSR count). The van der Waals surface area contributed by atoms with Gasteiger partial charge in [0.15, 0.2) is 6.40 Å². The molecule has 0 aromatic carbocycles. The number of hydrogen-bond donors (Lipinski definition) is 0. The standard InChI is InChI=1S/C8H9NO/c1-6-2-3-8-7(4-6)9-5-10-8/h2-5,7-8H,1H3. The maximum atomic E-state index is 5.18. The van der Waals surface area contributed by atoms with Gasteiger partial charge in [-0.05, 0) is 13.0 Å². The van der Waals surface area contributed by atoms with Gasteiger partial charge in [-0.15, -0.1) is 0 Å². The van der Waals surface area contributed by atoms with Crippen LogP contribution in [-0.2, 0) is 4.74 Å². The molecule has 1 heterocycles. The van der Waals surface area contributed by atoms with E-state index in [1.54, 1.807) is 0 Å². The molecule has 1 aliphatic carbocycles. The zero-order chi connectivity index (χ0) is 6.97. The third-order valence-corrected chi connectivity index (χ3v) is 1.77. The third-order valence-electron chi connectivity index (χ3n) is 1.77. The van der Waals surface area contributed by atoms with E-state index in [1.165, 1.54) is 12.0 Å². The molecule has 2 aliphatic rings. The van der Waals surface area contributed by atoms with Gasteiger partial charge in [0.1, 0.15) is 12.1 Å². The van der Waals surface area contributed by atoms with Crippen molar-refractivity contribution < 1.29 is 4.74 Å². The van der Waals surface area contributed by atoms with Crippen LogP contribution in [0.5, 0.6) is 0 Å². The fraction of sp³-hybridized carbons (Fsp3) is 0.375. The Bertz CT molecular complexity index is 227. The van der Waals surface area contributed by atoms with Gasteiger partial charge >= 0.3 is 0 Å². The maximum absolute atomic E-state index is 5.18. The van der Waals surface area contributed by atoms with E-state index in [9.17, 15) is 0 Å². The Morgan fingerprint density at radius 3 is 3.40 bits per heavy atom. The van der Waals surface area contributed by atoms with Gasteiger partial charge in [0.2, 0.25) is 0 Å². The molecular formula is C8H9NO. The first kappa shape index (κ1) is 5.71. The number of aliphatic imine (C=N–C) groups is 1. The number of hydrogen-bond acceptors (Lipinski definition) is 2. The molecule has 2 nitrogen and oxygen atoms in total. The van der Waals surface area contributed by atoms with Crippen molar-refractivity contribution in [2.75, 3.05) is 0 Å². The summed E-state index contributed by atoms with van der Waals surface area (Å²) in [6, 6.07) is 0.241. The minimum atomic E-state index is 0.170. The molecular weight excluding hydrogens is 126 g/mol. The topological polar surface area (TPSA) is 21.6 Å². The minimum Gasteiger partial charge on any atom is -0.474 e. The van der Waals surface area contributed by atoms with Gasteiger partial charge in [-0.2, -0.15) is 0 Å². The number of allylic oxidation sites excluding steroid dienone is 2. The Morgan fingerprint density at radius 2 is 2.50 bits per heavy atom. The average Bonchev–Trinajstić information content (AvgIpc) is 2.33. The minimum absolute atomic E-state index is 0.170. The van der Waals surface area contributed by atoms with Gasteiger partial charge in [0, 0.05) is 0 Å². The van der Waals surface area contributed by atoms with Crippen LogP contribution in [0.15, 0.2) is 28.8 Å². The monoisotopic (exact) mass is 135 g/mol. The van der Waals surface area contributed by atoms with Gasteiger partial charge < -0.3 is 4.74 Å². The van der Waals surface area contributed by atoms with Crippen LogP contribution in [0.3, 0.4) is 0 Å². The van der Waals surface area contributed by atoms with Crippen LogP contribution in [0, 0.1) is 0 Å². The zero-order valence-electron chi connectivity index (χ0n) is 5.82. The summed E-state index contributed by atoms with van der Waals surface area (Å²) in [5.74, 6) is 0. The zero-order valence-corrected chi connectivity index (χ0v) is 5.82. The van der Waals surface area contributed by atoms with Crippen molar-refractivity contribution in [1.29, 1.82) is 0 Å². The Morgan fingerprint density at radius 1 is 1.60 bits per heavy atom. The molecule has 0 amide bonds. The Labute approximate surface area is 59.9 Å². The normalized spacial score (nSPS) is 35.1. The molecule has 0 radical (unpaired) electrons. The molecule has 52 valence electrons. The van der Waals surface area contributed by atoms with Crippen LogP contribution in [0.1, 0.15) is 6.92 Å². The van der Waals surface area contributed by atoms with Crippen molar-refractivity contribution >= 4 is 6.40 Å². The summed E-state index contributed by atoms with van der Waals surface area (Å²) in [6.07, 6.45) is 7.94. The van der Waals surface area contributed by atoms with Gasteiger partial charge in [-0.25, -0.2) is 4.99 Å². The van der Waals surface area contributed by atoms with E-state index < -0.39 is 0 Å². The highest BCUT2D eigenvalue weighted by Gasteiger charge is 2.23. The summed E-state index contributed by atoms with van der Waals surface area (Å²) >= 11 is 0. The van der Waals surface area contributed by atoms with Crippen molar-refractivity contribution in [1.82, 2.24) is 0 Å². The summed E-state index contributed by atoms with van der Waals surface area (Å²) in [5.41, 5.74) is 1.27. The van der Waals surface area contributed by atoms with Crippen molar-refractivity contribution in [3.63, 3.8) is 0 Å². The molecule has 2 heteroatoms. The lowest BCUT2D eigenvalue weighted by molar-refractivity contribution is 0.264. The molecule has 0 bridgehead atoms. The molecule has 0 aromatic rings. The summed E-state index contributed by atoms with van der Waals surface area (Å²) in [5, 5.41) is 0. The number of ether oxygens (including phenoxy) is 1. The maximum Gasteiger partial charge on any atom is 0.171 e. The fourth-order valence-electron chi connectivity index (χ4n) is 1.21. The predicted molar refractivity (Wildman–Crippen MR) is 40.1 cm³/mol. The van der Waals surface area contributed by atoms with Gasteiger partial charge in [-0.1, -0.05) is 17.7 Å². The lowest BCUT2D eigenvalue weighted by Gasteiger charge is -2.13. The smallest absolute Gasteiger partial charge is 0.171 e. The van der Waals surface area contributed by atoms with Crippen LogP contribution in [0.2, 0.25) is 0 Å². The quantitative estimate of drug-likeness (QED) is 0.490. The molecule has 0 fully saturated rings. The molecule has 0 saturated carbocycles. The van der Waals surface area contributed by atoms with E-state index in [1.807, 2.05) is 6.08 Å². The Hall–Kier alpha value is -1.05. The number of nitrogens with zero attached hydrogens (tertiary/aromatic N) is 1. The van der Waals surface area contributed by atoms with Crippen LogP contribution in [0.25, 0.3) is 0 Å². The van der Waals surface area contributed by atoms with Crippen molar-refractivity contribution in [2.24, 2.45) is 4.99 Å². The second kappa shape index (κ2) is 1.97. The molecule has 0 saturated heterocycles. The van der Waals surface area contributed by atoms with Gasteiger partial charge in [-0.3, -0.25) is 0 Å². The van der Waals surface area contributed by atoms with E-state index >= 15 is 0 Å². The van der Waals surface area contributed by atoms with Crippen molar-refractivity contribution in [3.05, 3.63) is 23.8 Å². The summed E-state index contributed by atoms with van der Waals surface area (Å²) in [7, 11) is 0. The molecule has 2 atom stereocenters. The largest absolute Gasteiger partial charge is 0.474 e. The first-order chi connectivity index (χ1) is 4.86. The van der Waals surface area contributed by atoms with E-state index in [0.717, 1.165) is 0 Å². The average molecular weight is 135 g/mol. The second-order valence-corrected chi connectivity index (χ2v) is 2.62. The SMILES string of the molecule is CC1=CC2N=COC2C=C1. The molecule has 0 aromatic heterocycles. The lowest BCUT2D eigenvalue weighted by Crippen LogP contribution is -2.19. The number of fused-ring (bicyclic) bond motifs is 1.